The van der Waals surface area contributed by atoms with Crippen LogP contribution >= 0.6 is 0 Å². The van der Waals surface area contributed by atoms with Crippen LogP contribution in [-0.2, 0) is 18.4 Å². The molecular weight excluding hydrogens is 326 g/mol. The van der Waals surface area contributed by atoms with Gasteiger partial charge in [-0.25, -0.2) is 0 Å². The fourth-order valence-electron chi connectivity index (χ4n) is 2.52. The summed E-state index contributed by atoms with van der Waals surface area (Å²) in [5, 5.41) is 16.6. The number of nitrogens with one attached hydrogen (secondary N) is 1. The van der Waals surface area contributed by atoms with Gasteiger partial charge in [0.15, 0.2) is 0 Å². The van der Waals surface area contributed by atoms with Crippen LogP contribution in [0.15, 0.2) is 66.6 Å². The number of rotatable bonds is 5. The Morgan fingerprint density at radius 2 is 1.96 bits per heavy atom. The maximum absolute atomic E-state index is 12.4. The van der Waals surface area contributed by atoms with Crippen molar-refractivity contribution in [2.24, 2.45) is 7.05 Å². The molecule has 6 nitrogen and oxygen atoms in total. The average Bonchev–Trinajstić information content (AvgIpc) is 3.06. The van der Waals surface area contributed by atoms with Gasteiger partial charge < -0.3 is 5.32 Å². The Labute approximate surface area is 151 Å². The van der Waals surface area contributed by atoms with Crippen LogP contribution in [0.3, 0.4) is 0 Å². The van der Waals surface area contributed by atoms with Crippen molar-refractivity contribution in [1.82, 2.24) is 20.1 Å². The van der Waals surface area contributed by atoms with E-state index in [2.05, 4.69) is 15.4 Å². The molecule has 1 amide bonds. The molecule has 0 saturated heterocycles. The van der Waals surface area contributed by atoms with Crippen LogP contribution in [-0.4, -0.2) is 20.7 Å². The zero-order valence-electron chi connectivity index (χ0n) is 14.3. The van der Waals surface area contributed by atoms with Crippen molar-refractivity contribution in [2.45, 2.75) is 6.54 Å². The van der Waals surface area contributed by atoms with Gasteiger partial charge in [0.25, 0.3) is 5.91 Å². The van der Waals surface area contributed by atoms with E-state index in [1.807, 2.05) is 48.5 Å². The average molecular weight is 343 g/mol. The molecule has 3 aromatic rings. The molecule has 0 aliphatic heterocycles. The van der Waals surface area contributed by atoms with E-state index < -0.39 is 5.91 Å². The molecule has 26 heavy (non-hydrogen) atoms. The number of hydrogen-bond donors (Lipinski definition) is 1. The van der Waals surface area contributed by atoms with Gasteiger partial charge in [0.2, 0.25) is 0 Å². The molecule has 0 fully saturated rings. The lowest BCUT2D eigenvalue weighted by molar-refractivity contribution is -0.117. The van der Waals surface area contributed by atoms with Crippen LogP contribution in [0.5, 0.6) is 0 Å². The number of carbonyl (C=O) groups is 1. The number of aromatic nitrogens is 3. The summed E-state index contributed by atoms with van der Waals surface area (Å²) in [5.41, 5.74) is 3.26. The van der Waals surface area contributed by atoms with Crippen molar-refractivity contribution in [1.29, 1.82) is 5.26 Å². The van der Waals surface area contributed by atoms with Crippen molar-refractivity contribution < 1.29 is 4.79 Å². The van der Waals surface area contributed by atoms with Gasteiger partial charge in [0, 0.05) is 43.3 Å². The second kappa shape index (κ2) is 7.90. The summed E-state index contributed by atoms with van der Waals surface area (Å²) in [6.45, 7) is 0.364. The lowest BCUT2D eigenvalue weighted by Gasteiger charge is -2.04. The lowest BCUT2D eigenvalue weighted by Crippen LogP contribution is -2.23. The zero-order valence-corrected chi connectivity index (χ0v) is 14.3. The molecule has 0 aliphatic rings. The number of nitrogens with zero attached hydrogens (tertiary/aromatic N) is 4. The van der Waals surface area contributed by atoms with Gasteiger partial charge in [-0.15, -0.1) is 0 Å². The predicted molar refractivity (Wildman–Crippen MR) is 98.3 cm³/mol. The molecule has 2 aromatic heterocycles. The second-order valence-electron chi connectivity index (χ2n) is 5.68. The van der Waals surface area contributed by atoms with E-state index in [1.54, 1.807) is 36.4 Å². The van der Waals surface area contributed by atoms with Gasteiger partial charge in [-0.3, -0.25) is 14.5 Å². The van der Waals surface area contributed by atoms with Gasteiger partial charge in [0.05, 0.1) is 5.69 Å². The van der Waals surface area contributed by atoms with E-state index in [-0.39, 0.29) is 5.57 Å². The fraction of sp³-hybridized carbons (Fsp3) is 0.100. The van der Waals surface area contributed by atoms with E-state index in [9.17, 15) is 10.1 Å². The molecule has 128 valence electrons. The number of benzene rings is 1. The highest BCUT2D eigenvalue weighted by atomic mass is 16.1. The summed E-state index contributed by atoms with van der Waals surface area (Å²) in [6.07, 6.45) is 6.69. The maximum atomic E-state index is 12.4. The number of aryl methyl sites for hydroxylation is 1. The number of nitriles is 1. The van der Waals surface area contributed by atoms with E-state index in [4.69, 9.17) is 0 Å². The topological polar surface area (TPSA) is 83.6 Å². The molecule has 0 saturated carbocycles. The molecule has 1 N–H and O–H groups in total. The summed E-state index contributed by atoms with van der Waals surface area (Å²) >= 11 is 0. The summed E-state index contributed by atoms with van der Waals surface area (Å²) in [4.78, 5) is 16.4. The zero-order chi connectivity index (χ0) is 18.4. The molecule has 2 heterocycles. The SMILES string of the molecule is Cn1cc(/C=C(/C#N)C(=O)NCc2ccccc2)c(-c2ccncc2)n1. The minimum atomic E-state index is -0.416. The number of carbonyl (C=O) groups excluding carboxylic acids is 1. The Kier molecular flexibility index (Phi) is 5.20. The normalized spacial score (nSPS) is 11.0. The van der Waals surface area contributed by atoms with Crippen LogP contribution in [0.25, 0.3) is 17.3 Å². The Morgan fingerprint density at radius 3 is 2.65 bits per heavy atom. The highest BCUT2D eigenvalue weighted by Crippen LogP contribution is 2.23. The Morgan fingerprint density at radius 1 is 1.23 bits per heavy atom. The highest BCUT2D eigenvalue weighted by molar-refractivity contribution is 6.02. The maximum Gasteiger partial charge on any atom is 0.262 e. The first-order chi connectivity index (χ1) is 12.7. The van der Waals surface area contributed by atoms with Gasteiger partial charge >= 0.3 is 0 Å². The number of hydrogen-bond acceptors (Lipinski definition) is 4. The quantitative estimate of drug-likeness (QED) is 0.570. The molecule has 0 unspecified atom stereocenters. The first kappa shape index (κ1) is 17.1. The summed E-state index contributed by atoms with van der Waals surface area (Å²) < 4.78 is 1.65. The van der Waals surface area contributed by atoms with Gasteiger partial charge in [-0.1, -0.05) is 30.3 Å². The molecule has 0 aliphatic carbocycles. The van der Waals surface area contributed by atoms with Crippen LogP contribution < -0.4 is 5.32 Å². The van der Waals surface area contributed by atoms with Crippen molar-refractivity contribution in [2.75, 3.05) is 0 Å². The summed E-state index contributed by atoms with van der Waals surface area (Å²) in [5.74, 6) is -0.416. The van der Waals surface area contributed by atoms with Crippen molar-refractivity contribution in [3.8, 4) is 17.3 Å². The standard InChI is InChI=1S/C20H17N5O/c1-25-14-18(19(24-25)16-7-9-22-10-8-16)11-17(12-21)20(26)23-13-15-5-3-2-4-6-15/h2-11,14H,13H2,1H3,(H,23,26)/b17-11-. The largest absolute Gasteiger partial charge is 0.347 e. The first-order valence-corrected chi connectivity index (χ1v) is 8.05. The fourth-order valence-corrected chi connectivity index (χ4v) is 2.52. The molecule has 0 spiro atoms. The highest BCUT2D eigenvalue weighted by Gasteiger charge is 2.13. The molecule has 1 aromatic carbocycles. The van der Waals surface area contributed by atoms with Crippen LogP contribution in [0, 0.1) is 11.3 Å². The van der Waals surface area contributed by atoms with Crippen LogP contribution in [0.1, 0.15) is 11.1 Å². The van der Waals surface area contributed by atoms with E-state index in [0.29, 0.717) is 17.8 Å². The Bertz CT molecular complexity index is 968. The van der Waals surface area contributed by atoms with E-state index >= 15 is 0 Å². The lowest BCUT2D eigenvalue weighted by atomic mass is 10.1. The van der Waals surface area contributed by atoms with E-state index in [1.165, 1.54) is 0 Å². The monoisotopic (exact) mass is 343 g/mol. The minimum Gasteiger partial charge on any atom is -0.347 e. The van der Waals surface area contributed by atoms with Crippen molar-refractivity contribution >= 4 is 12.0 Å². The molecule has 0 radical (unpaired) electrons. The minimum absolute atomic E-state index is 0.0317. The smallest absolute Gasteiger partial charge is 0.262 e. The van der Waals surface area contributed by atoms with E-state index in [0.717, 1.165) is 11.1 Å². The summed E-state index contributed by atoms with van der Waals surface area (Å²) in [7, 11) is 1.80. The van der Waals surface area contributed by atoms with Gasteiger partial charge in [-0.05, 0) is 23.8 Å². The third-order valence-corrected chi connectivity index (χ3v) is 3.77. The predicted octanol–water partition coefficient (Wildman–Crippen LogP) is 2.71. The van der Waals surface area contributed by atoms with Crippen molar-refractivity contribution in [3.05, 3.63) is 77.8 Å². The van der Waals surface area contributed by atoms with Crippen LogP contribution in [0.4, 0.5) is 0 Å². The molecule has 0 bridgehead atoms. The molecule has 0 atom stereocenters. The van der Waals surface area contributed by atoms with Gasteiger partial charge in [-0.2, -0.15) is 10.4 Å². The second-order valence-corrected chi connectivity index (χ2v) is 5.68. The Balaban J connectivity index is 1.83. The molecular formula is C20H17N5O. The van der Waals surface area contributed by atoms with Crippen LogP contribution in [0.2, 0.25) is 0 Å². The number of amides is 1. The molecule has 6 heteroatoms. The third-order valence-electron chi connectivity index (χ3n) is 3.77. The number of pyridine rings is 1. The third kappa shape index (κ3) is 4.02. The Hall–Kier alpha value is -3.72. The first-order valence-electron chi connectivity index (χ1n) is 8.05. The van der Waals surface area contributed by atoms with Gasteiger partial charge in [0.1, 0.15) is 11.6 Å². The van der Waals surface area contributed by atoms with Crippen molar-refractivity contribution in [3.63, 3.8) is 0 Å². The summed E-state index contributed by atoms with van der Waals surface area (Å²) in [6, 6.07) is 15.2. The molecule has 3 rings (SSSR count).